The van der Waals surface area contributed by atoms with Gasteiger partial charge in [0.1, 0.15) is 0 Å². The van der Waals surface area contributed by atoms with Gasteiger partial charge in [0.15, 0.2) is 0 Å². The van der Waals surface area contributed by atoms with E-state index < -0.39 is 5.97 Å². The number of nitrogens with zero attached hydrogens (tertiary/aromatic N) is 1. The van der Waals surface area contributed by atoms with Crippen molar-refractivity contribution in [1.29, 1.82) is 0 Å². The summed E-state index contributed by atoms with van der Waals surface area (Å²) in [7, 11) is 0. The van der Waals surface area contributed by atoms with Crippen LogP contribution in [-0.4, -0.2) is 47.8 Å². The lowest BCUT2D eigenvalue weighted by molar-refractivity contribution is -0.137. The highest BCUT2D eigenvalue weighted by molar-refractivity contribution is 5.66. The molecule has 4 heteroatoms. The highest BCUT2D eigenvalue weighted by Crippen LogP contribution is 2.14. The maximum Gasteiger partial charge on any atom is 0.303 e. The summed E-state index contributed by atoms with van der Waals surface area (Å²) in [6.07, 6.45) is 0.977. The van der Waals surface area contributed by atoms with E-state index in [1.807, 2.05) is 0 Å². The van der Waals surface area contributed by atoms with Gasteiger partial charge in [-0.05, 0) is 20.3 Å². The Morgan fingerprint density at radius 1 is 1.71 bits per heavy atom. The molecule has 0 spiro atoms. The Morgan fingerprint density at radius 2 is 2.43 bits per heavy atom. The molecule has 1 aliphatic rings. The number of morpholine rings is 1. The number of hydrogen-bond donors (Lipinski definition) is 1. The van der Waals surface area contributed by atoms with E-state index in [1.165, 1.54) is 0 Å². The van der Waals surface area contributed by atoms with Gasteiger partial charge in [-0.25, -0.2) is 0 Å². The fourth-order valence-electron chi connectivity index (χ4n) is 1.89. The molecule has 2 unspecified atom stereocenters. The van der Waals surface area contributed by atoms with Gasteiger partial charge in [-0.15, -0.1) is 0 Å². The van der Waals surface area contributed by atoms with E-state index in [-0.39, 0.29) is 6.42 Å². The SMILES string of the molecule is CC(CCC(=O)O)N1CCOCC1C. The van der Waals surface area contributed by atoms with E-state index in [0.717, 1.165) is 26.2 Å². The smallest absolute Gasteiger partial charge is 0.303 e. The molecule has 0 amide bonds. The van der Waals surface area contributed by atoms with Crippen molar-refractivity contribution in [2.24, 2.45) is 0 Å². The van der Waals surface area contributed by atoms with Crippen molar-refractivity contribution >= 4 is 5.97 Å². The quantitative estimate of drug-likeness (QED) is 0.736. The summed E-state index contributed by atoms with van der Waals surface area (Å²) in [5, 5.41) is 8.58. The first kappa shape index (κ1) is 11.5. The van der Waals surface area contributed by atoms with Crippen LogP contribution in [0.25, 0.3) is 0 Å². The second kappa shape index (κ2) is 5.32. The van der Waals surface area contributed by atoms with Crippen LogP contribution < -0.4 is 0 Å². The van der Waals surface area contributed by atoms with Crippen molar-refractivity contribution in [3.63, 3.8) is 0 Å². The van der Waals surface area contributed by atoms with Crippen LogP contribution in [0.2, 0.25) is 0 Å². The molecule has 1 aliphatic heterocycles. The first-order valence-electron chi connectivity index (χ1n) is 5.16. The molecule has 1 rings (SSSR count). The number of hydrogen-bond acceptors (Lipinski definition) is 3. The molecule has 1 saturated heterocycles. The molecule has 1 N–H and O–H groups in total. The van der Waals surface area contributed by atoms with Crippen LogP contribution in [0.5, 0.6) is 0 Å². The van der Waals surface area contributed by atoms with E-state index in [9.17, 15) is 4.79 Å². The Labute approximate surface area is 84.8 Å². The average Bonchev–Trinajstić information content (AvgIpc) is 2.15. The summed E-state index contributed by atoms with van der Waals surface area (Å²) in [6.45, 7) is 6.66. The first-order chi connectivity index (χ1) is 6.61. The molecule has 14 heavy (non-hydrogen) atoms. The predicted octanol–water partition coefficient (Wildman–Crippen LogP) is 0.960. The van der Waals surface area contributed by atoms with E-state index in [0.29, 0.717) is 12.1 Å². The molecule has 0 aliphatic carbocycles. The molecular weight excluding hydrogens is 182 g/mol. The predicted molar refractivity (Wildman–Crippen MR) is 53.3 cm³/mol. The largest absolute Gasteiger partial charge is 0.481 e. The number of carboxylic acid groups (broad SMARTS) is 1. The van der Waals surface area contributed by atoms with Gasteiger partial charge >= 0.3 is 5.97 Å². The van der Waals surface area contributed by atoms with Crippen molar-refractivity contribution in [2.45, 2.75) is 38.8 Å². The molecular formula is C10H19NO3. The maximum atomic E-state index is 10.4. The summed E-state index contributed by atoms with van der Waals surface area (Å²) >= 11 is 0. The molecule has 4 nitrogen and oxygen atoms in total. The van der Waals surface area contributed by atoms with Crippen molar-refractivity contribution in [3.05, 3.63) is 0 Å². The third-order valence-electron chi connectivity index (χ3n) is 2.76. The lowest BCUT2D eigenvalue weighted by Gasteiger charge is -2.37. The highest BCUT2D eigenvalue weighted by atomic mass is 16.5. The lowest BCUT2D eigenvalue weighted by atomic mass is 10.1. The summed E-state index contributed by atoms with van der Waals surface area (Å²) in [5.74, 6) is -0.710. The molecule has 82 valence electrons. The molecule has 1 heterocycles. The summed E-state index contributed by atoms with van der Waals surface area (Å²) < 4.78 is 5.33. The molecule has 0 aromatic heterocycles. The van der Waals surface area contributed by atoms with Gasteiger partial charge in [-0.3, -0.25) is 9.69 Å². The van der Waals surface area contributed by atoms with Gasteiger partial charge in [-0.2, -0.15) is 0 Å². The van der Waals surface area contributed by atoms with Gasteiger partial charge in [0.2, 0.25) is 0 Å². The molecule has 0 aromatic carbocycles. The maximum absolute atomic E-state index is 10.4. The van der Waals surface area contributed by atoms with Crippen LogP contribution in [0.3, 0.4) is 0 Å². The Hall–Kier alpha value is -0.610. The topological polar surface area (TPSA) is 49.8 Å². The van der Waals surface area contributed by atoms with Gasteiger partial charge in [-0.1, -0.05) is 0 Å². The third kappa shape index (κ3) is 3.27. The molecule has 0 aromatic rings. The zero-order valence-electron chi connectivity index (χ0n) is 8.90. The van der Waals surface area contributed by atoms with Crippen LogP contribution in [0.1, 0.15) is 26.7 Å². The molecule has 2 atom stereocenters. The number of carbonyl (C=O) groups is 1. The van der Waals surface area contributed by atoms with Crippen LogP contribution in [0.15, 0.2) is 0 Å². The minimum Gasteiger partial charge on any atom is -0.481 e. The van der Waals surface area contributed by atoms with Crippen molar-refractivity contribution in [2.75, 3.05) is 19.8 Å². The lowest BCUT2D eigenvalue weighted by Crippen LogP contribution is -2.48. The van der Waals surface area contributed by atoms with Crippen LogP contribution >= 0.6 is 0 Å². The third-order valence-corrected chi connectivity index (χ3v) is 2.76. The number of carboxylic acids is 1. The Kier molecular flexibility index (Phi) is 4.35. The second-order valence-corrected chi connectivity index (χ2v) is 3.94. The van der Waals surface area contributed by atoms with Crippen molar-refractivity contribution in [1.82, 2.24) is 4.90 Å². The minimum absolute atomic E-state index is 0.255. The molecule has 0 radical (unpaired) electrons. The average molecular weight is 201 g/mol. The van der Waals surface area contributed by atoms with E-state index in [4.69, 9.17) is 9.84 Å². The Bertz CT molecular complexity index is 196. The normalized spacial score (nSPS) is 26.0. The summed E-state index contributed by atoms with van der Waals surface area (Å²) in [6, 6.07) is 0.748. The standard InChI is InChI=1S/C10H19NO3/c1-8(3-4-10(12)13)11-5-6-14-7-9(11)2/h8-9H,3-7H2,1-2H3,(H,12,13). The second-order valence-electron chi connectivity index (χ2n) is 3.94. The van der Waals surface area contributed by atoms with Gasteiger partial charge in [0.25, 0.3) is 0 Å². The van der Waals surface area contributed by atoms with E-state index in [1.54, 1.807) is 0 Å². The monoisotopic (exact) mass is 201 g/mol. The number of aliphatic carboxylic acids is 1. The van der Waals surface area contributed by atoms with Crippen LogP contribution in [0, 0.1) is 0 Å². The zero-order valence-corrected chi connectivity index (χ0v) is 8.90. The van der Waals surface area contributed by atoms with Gasteiger partial charge in [0.05, 0.1) is 13.2 Å². The number of rotatable bonds is 4. The fraction of sp³-hybridized carbons (Fsp3) is 0.900. The Balaban J connectivity index is 2.34. The molecule has 0 saturated carbocycles. The summed E-state index contributed by atoms with van der Waals surface area (Å²) in [5.41, 5.74) is 0. The van der Waals surface area contributed by atoms with Crippen LogP contribution in [-0.2, 0) is 9.53 Å². The minimum atomic E-state index is -0.710. The first-order valence-corrected chi connectivity index (χ1v) is 5.16. The van der Waals surface area contributed by atoms with Crippen molar-refractivity contribution in [3.8, 4) is 0 Å². The van der Waals surface area contributed by atoms with Gasteiger partial charge in [0, 0.05) is 25.0 Å². The highest BCUT2D eigenvalue weighted by Gasteiger charge is 2.23. The van der Waals surface area contributed by atoms with Crippen LogP contribution in [0.4, 0.5) is 0 Å². The summed E-state index contributed by atoms with van der Waals surface area (Å²) in [4.78, 5) is 12.8. The number of ether oxygens (including phenoxy) is 1. The fourth-order valence-corrected chi connectivity index (χ4v) is 1.89. The molecule has 0 bridgehead atoms. The van der Waals surface area contributed by atoms with E-state index in [2.05, 4.69) is 18.7 Å². The van der Waals surface area contributed by atoms with E-state index >= 15 is 0 Å². The zero-order chi connectivity index (χ0) is 10.6. The Morgan fingerprint density at radius 3 is 3.00 bits per heavy atom. The van der Waals surface area contributed by atoms with Gasteiger partial charge < -0.3 is 9.84 Å². The molecule has 1 fully saturated rings. The van der Waals surface area contributed by atoms with Crippen molar-refractivity contribution < 1.29 is 14.6 Å².